The Morgan fingerprint density at radius 1 is 1.03 bits per heavy atom. The molecule has 0 saturated heterocycles. The molecule has 1 amide bonds. The molecule has 0 N–H and O–H groups in total. The fraction of sp³-hybridized carbons (Fsp3) is 0.273. The zero-order chi connectivity index (χ0) is 20.8. The number of aromatic nitrogens is 2. The molecule has 0 aliphatic carbocycles. The van der Waals surface area contributed by atoms with Gasteiger partial charge in [-0.1, -0.05) is 48.0 Å². The van der Waals surface area contributed by atoms with Gasteiger partial charge in [0.15, 0.2) is 0 Å². The molecule has 1 aromatic heterocycles. The zero-order valence-corrected chi connectivity index (χ0v) is 16.7. The molecule has 3 rings (SSSR count). The first kappa shape index (κ1) is 20.3. The van der Waals surface area contributed by atoms with E-state index in [2.05, 4.69) is 10.2 Å². The molecule has 7 nitrogen and oxygen atoms in total. The molecule has 29 heavy (non-hydrogen) atoms. The summed E-state index contributed by atoms with van der Waals surface area (Å²) in [6.07, 6.45) is -0.723. The first-order valence-electron chi connectivity index (χ1n) is 9.29. The summed E-state index contributed by atoms with van der Waals surface area (Å²) in [4.78, 5) is 26.2. The van der Waals surface area contributed by atoms with Crippen LogP contribution in [-0.2, 0) is 20.7 Å². The second-order valence-electron chi connectivity index (χ2n) is 6.88. The standard InChI is InChI=1S/C22H23N3O4/c1-15-9-11-17(12-10-15)21-24-23-18(28-21)13-14-19(26)29-20(22(27)25(2)3)16-7-5-4-6-8-16/h4-12,20H,13-14H2,1-3H3/t20-/m1/s1. The Morgan fingerprint density at radius 2 is 1.72 bits per heavy atom. The zero-order valence-electron chi connectivity index (χ0n) is 16.7. The topological polar surface area (TPSA) is 85.5 Å². The van der Waals surface area contributed by atoms with Crippen LogP contribution in [-0.4, -0.2) is 41.1 Å². The molecule has 150 valence electrons. The predicted octanol–water partition coefficient (Wildman–Crippen LogP) is 3.35. The van der Waals surface area contributed by atoms with Gasteiger partial charge < -0.3 is 14.1 Å². The number of aryl methyl sites for hydroxylation is 2. The van der Waals surface area contributed by atoms with Crippen molar-refractivity contribution in [1.82, 2.24) is 15.1 Å². The molecule has 0 aliphatic rings. The first-order valence-corrected chi connectivity index (χ1v) is 9.29. The summed E-state index contributed by atoms with van der Waals surface area (Å²) in [5, 5.41) is 8.01. The van der Waals surface area contributed by atoms with Crippen LogP contribution in [0.3, 0.4) is 0 Å². The summed E-state index contributed by atoms with van der Waals surface area (Å²) in [5.74, 6) is -0.0702. The number of hydrogen-bond acceptors (Lipinski definition) is 6. The second-order valence-corrected chi connectivity index (χ2v) is 6.88. The molecule has 7 heteroatoms. The Labute approximate surface area is 169 Å². The van der Waals surface area contributed by atoms with Gasteiger partial charge in [0.25, 0.3) is 5.91 Å². The lowest BCUT2D eigenvalue weighted by molar-refractivity contribution is -0.159. The molecular weight excluding hydrogens is 370 g/mol. The van der Waals surface area contributed by atoms with Crippen LogP contribution in [0, 0.1) is 6.92 Å². The molecular formula is C22H23N3O4. The molecule has 1 atom stereocenters. The molecule has 0 spiro atoms. The molecule has 1 heterocycles. The van der Waals surface area contributed by atoms with E-state index in [0.717, 1.165) is 11.1 Å². The van der Waals surface area contributed by atoms with Gasteiger partial charge in [-0.15, -0.1) is 10.2 Å². The van der Waals surface area contributed by atoms with Crippen molar-refractivity contribution in [3.05, 3.63) is 71.6 Å². The number of ether oxygens (including phenoxy) is 1. The Bertz CT molecular complexity index is 965. The van der Waals surface area contributed by atoms with Gasteiger partial charge in [-0.05, 0) is 19.1 Å². The maximum atomic E-state index is 12.4. The average molecular weight is 393 g/mol. The van der Waals surface area contributed by atoms with E-state index < -0.39 is 12.1 Å². The highest BCUT2D eigenvalue weighted by atomic mass is 16.5. The van der Waals surface area contributed by atoms with Crippen LogP contribution in [0.5, 0.6) is 0 Å². The van der Waals surface area contributed by atoms with E-state index in [4.69, 9.17) is 9.15 Å². The van der Waals surface area contributed by atoms with Crippen molar-refractivity contribution < 1.29 is 18.7 Å². The van der Waals surface area contributed by atoms with Crippen LogP contribution in [0.1, 0.15) is 29.5 Å². The molecule has 0 unspecified atom stereocenters. The SMILES string of the molecule is Cc1ccc(-c2nnc(CCC(=O)O[C@@H](C(=O)N(C)C)c3ccccc3)o2)cc1. The number of carbonyl (C=O) groups is 2. The summed E-state index contributed by atoms with van der Waals surface area (Å²) < 4.78 is 11.1. The number of carbonyl (C=O) groups excluding carboxylic acids is 2. The van der Waals surface area contributed by atoms with Gasteiger partial charge in [0.05, 0.1) is 6.42 Å². The van der Waals surface area contributed by atoms with Crippen molar-refractivity contribution in [2.45, 2.75) is 25.9 Å². The highest BCUT2D eigenvalue weighted by Crippen LogP contribution is 2.21. The Balaban J connectivity index is 1.62. The van der Waals surface area contributed by atoms with Gasteiger partial charge in [-0.2, -0.15) is 0 Å². The number of rotatable bonds is 7. The smallest absolute Gasteiger partial charge is 0.307 e. The largest absolute Gasteiger partial charge is 0.447 e. The van der Waals surface area contributed by atoms with Crippen molar-refractivity contribution in [3.8, 4) is 11.5 Å². The van der Waals surface area contributed by atoms with E-state index in [1.807, 2.05) is 37.3 Å². The van der Waals surface area contributed by atoms with Crippen LogP contribution in [0.2, 0.25) is 0 Å². The minimum atomic E-state index is -0.982. The third kappa shape index (κ3) is 5.28. The monoisotopic (exact) mass is 393 g/mol. The number of esters is 1. The summed E-state index contributed by atoms with van der Waals surface area (Å²) >= 11 is 0. The van der Waals surface area contributed by atoms with Crippen molar-refractivity contribution >= 4 is 11.9 Å². The Hall–Kier alpha value is -3.48. The summed E-state index contributed by atoms with van der Waals surface area (Å²) in [7, 11) is 3.24. The van der Waals surface area contributed by atoms with E-state index in [-0.39, 0.29) is 18.7 Å². The highest BCUT2D eigenvalue weighted by Gasteiger charge is 2.26. The number of likely N-dealkylation sites (N-methyl/N-ethyl adjacent to an activating group) is 1. The fourth-order valence-corrected chi connectivity index (χ4v) is 2.69. The maximum absolute atomic E-state index is 12.4. The quantitative estimate of drug-likeness (QED) is 0.572. The number of hydrogen-bond donors (Lipinski definition) is 0. The molecule has 0 bridgehead atoms. The minimum absolute atomic E-state index is 0.0274. The van der Waals surface area contributed by atoms with Crippen molar-refractivity contribution in [2.75, 3.05) is 14.1 Å². The van der Waals surface area contributed by atoms with Gasteiger partial charge in [-0.3, -0.25) is 9.59 Å². The number of amides is 1. The van der Waals surface area contributed by atoms with E-state index in [1.165, 1.54) is 4.90 Å². The molecule has 0 aliphatic heterocycles. The van der Waals surface area contributed by atoms with Crippen LogP contribution in [0.25, 0.3) is 11.5 Å². The van der Waals surface area contributed by atoms with Crippen LogP contribution in [0.15, 0.2) is 59.0 Å². The van der Waals surface area contributed by atoms with Crippen molar-refractivity contribution in [1.29, 1.82) is 0 Å². The van der Waals surface area contributed by atoms with E-state index in [9.17, 15) is 9.59 Å². The van der Waals surface area contributed by atoms with E-state index >= 15 is 0 Å². The third-order valence-electron chi connectivity index (χ3n) is 4.33. The molecule has 0 radical (unpaired) electrons. The number of benzene rings is 2. The normalized spacial score (nSPS) is 11.7. The third-order valence-corrected chi connectivity index (χ3v) is 4.33. The number of nitrogens with zero attached hydrogens (tertiary/aromatic N) is 3. The van der Waals surface area contributed by atoms with Crippen molar-refractivity contribution in [2.24, 2.45) is 0 Å². The fourth-order valence-electron chi connectivity index (χ4n) is 2.69. The average Bonchev–Trinajstić information content (AvgIpc) is 3.20. The van der Waals surface area contributed by atoms with Gasteiger partial charge in [0.1, 0.15) is 0 Å². The first-order chi connectivity index (χ1) is 13.9. The van der Waals surface area contributed by atoms with E-state index in [0.29, 0.717) is 17.3 Å². The van der Waals surface area contributed by atoms with Crippen LogP contribution >= 0.6 is 0 Å². The minimum Gasteiger partial charge on any atom is -0.447 e. The van der Waals surface area contributed by atoms with Gasteiger partial charge in [-0.25, -0.2) is 0 Å². The molecule has 0 fully saturated rings. The summed E-state index contributed by atoms with van der Waals surface area (Å²) in [5.41, 5.74) is 2.58. The maximum Gasteiger partial charge on any atom is 0.307 e. The van der Waals surface area contributed by atoms with Crippen molar-refractivity contribution in [3.63, 3.8) is 0 Å². The van der Waals surface area contributed by atoms with Gasteiger partial charge in [0.2, 0.25) is 17.9 Å². The van der Waals surface area contributed by atoms with Gasteiger partial charge in [0, 0.05) is 31.6 Å². The lowest BCUT2D eigenvalue weighted by atomic mass is 10.1. The summed E-state index contributed by atoms with van der Waals surface area (Å²) in [6.45, 7) is 2.00. The molecule has 2 aromatic carbocycles. The summed E-state index contributed by atoms with van der Waals surface area (Å²) in [6, 6.07) is 16.7. The molecule has 3 aromatic rings. The van der Waals surface area contributed by atoms with Crippen LogP contribution < -0.4 is 0 Å². The van der Waals surface area contributed by atoms with E-state index in [1.54, 1.807) is 38.4 Å². The predicted molar refractivity (Wildman–Crippen MR) is 107 cm³/mol. The highest BCUT2D eigenvalue weighted by molar-refractivity contribution is 5.84. The lowest BCUT2D eigenvalue weighted by Gasteiger charge is -2.21. The lowest BCUT2D eigenvalue weighted by Crippen LogP contribution is -2.31. The molecule has 0 saturated carbocycles. The van der Waals surface area contributed by atoms with Crippen LogP contribution in [0.4, 0.5) is 0 Å². The van der Waals surface area contributed by atoms with Gasteiger partial charge >= 0.3 is 5.97 Å². The Kier molecular flexibility index (Phi) is 6.39. The second kappa shape index (κ2) is 9.14. The Morgan fingerprint density at radius 3 is 2.38 bits per heavy atom.